The van der Waals surface area contributed by atoms with Crippen LogP contribution in [0.5, 0.6) is 0 Å². The Kier molecular flexibility index (Phi) is 8.85. The van der Waals surface area contributed by atoms with Gasteiger partial charge < -0.3 is 21.1 Å². The summed E-state index contributed by atoms with van der Waals surface area (Å²) < 4.78 is 0. The van der Waals surface area contributed by atoms with E-state index in [1.54, 1.807) is 6.20 Å². The molecule has 0 aliphatic heterocycles. The third kappa shape index (κ3) is 7.24. The van der Waals surface area contributed by atoms with Crippen molar-refractivity contribution in [1.29, 1.82) is 0 Å². The standard InChI is InChI=1S/C35H42N4O4/c1-34(2,39-33(42)43)26-14-12-25(13-15-26)31-29(24-8-5-4-6-9-24)21-28(22-36-31)37-30(40)20-23-10-16-27(17-11-23)38-32(41)35(3)18-7-19-35/h4-6,8-9,12-15,21-23,27,39H,7,10-11,16-20H2,1-3H3,(H,37,40)(H,38,41)(H,42,43). The number of aromatic nitrogens is 1. The van der Waals surface area contributed by atoms with Crippen LogP contribution in [0, 0.1) is 11.3 Å². The average molecular weight is 583 g/mol. The van der Waals surface area contributed by atoms with Gasteiger partial charge in [-0.15, -0.1) is 0 Å². The van der Waals surface area contributed by atoms with Crippen molar-refractivity contribution < 1.29 is 19.5 Å². The second-order valence-electron chi connectivity index (χ2n) is 13.0. The molecule has 0 atom stereocenters. The van der Waals surface area contributed by atoms with Gasteiger partial charge in [0.1, 0.15) is 0 Å². The molecule has 3 aromatic rings. The number of nitrogens with one attached hydrogen (secondary N) is 3. The molecular weight excluding hydrogens is 540 g/mol. The molecule has 2 aromatic carbocycles. The highest BCUT2D eigenvalue weighted by atomic mass is 16.4. The molecule has 1 heterocycles. The third-order valence-corrected chi connectivity index (χ3v) is 9.22. The average Bonchev–Trinajstić information content (AvgIpc) is 2.96. The first-order valence-corrected chi connectivity index (χ1v) is 15.3. The lowest BCUT2D eigenvalue weighted by molar-refractivity contribution is -0.135. The Balaban J connectivity index is 1.24. The number of anilines is 1. The Morgan fingerprint density at radius 1 is 0.953 bits per heavy atom. The summed E-state index contributed by atoms with van der Waals surface area (Å²) in [7, 11) is 0. The van der Waals surface area contributed by atoms with Crippen LogP contribution in [0.3, 0.4) is 0 Å². The molecule has 0 unspecified atom stereocenters. The Hall–Kier alpha value is -4.20. The van der Waals surface area contributed by atoms with Gasteiger partial charge in [-0.05, 0) is 75.5 Å². The number of pyridine rings is 1. The zero-order valence-corrected chi connectivity index (χ0v) is 25.3. The molecule has 2 saturated carbocycles. The van der Waals surface area contributed by atoms with Crippen molar-refractivity contribution in [3.05, 3.63) is 72.4 Å². The van der Waals surface area contributed by atoms with Crippen LogP contribution in [-0.2, 0) is 15.1 Å². The lowest BCUT2D eigenvalue weighted by atomic mass is 9.69. The van der Waals surface area contributed by atoms with Gasteiger partial charge in [0, 0.05) is 29.0 Å². The number of carboxylic acid groups (broad SMARTS) is 1. The topological polar surface area (TPSA) is 120 Å². The maximum absolute atomic E-state index is 13.1. The Labute approximate surface area is 253 Å². The largest absolute Gasteiger partial charge is 0.465 e. The molecule has 43 heavy (non-hydrogen) atoms. The second-order valence-corrected chi connectivity index (χ2v) is 13.0. The molecule has 2 aliphatic carbocycles. The van der Waals surface area contributed by atoms with Crippen molar-refractivity contribution in [3.63, 3.8) is 0 Å². The summed E-state index contributed by atoms with van der Waals surface area (Å²) >= 11 is 0. The molecule has 2 fully saturated rings. The molecule has 3 amide bonds. The van der Waals surface area contributed by atoms with Gasteiger partial charge in [-0.3, -0.25) is 14.6 Å². The zero-order valence-electron chi connectivity index (χ0n) is 25.3. The van der Waals surface area contributed by atoms with Crippen molar-refractivity contribution in [2.75, 3.05) is 5.32 Å². The van der Waals surface area contributed by atoms with E-state index in [0.29, 0.717) is 18.0 Å². The van der Waals surface area contributed by atoms with Gasteiger partial charge in [0.15, 0.2) is 0 Å². The zero-order chi connectivity index (χ0) is 30.6. The van der Waals surface area contributed by atoms with Crippen LogP contribution in [0.4, 0.5) is 10.5 Å². The molecule has 0 radical (unpaired) electrons. The molecule has 8 heteroatoms. The number of carbonyl (C=O) groups excluding carboxylic acids is 2. The van der Waals surface area contributed by atoms with Crippen LogP contribution < -0.4 is 16.0 Å². The number of nitrogens with zero attached hydrogens (tertiary/aromatic N) is 1. The number of amides is 3. The second kappa shape index (κ2) is 12.6. The number of hydrogen-bond acceptors (Lipinski definition) is 4. The maximum Gasteiger partial charge on any atom is 0.405 e. The van der Waals surface area contributed by atoms with E-state index in [1.807, 2.05) is 74.5 Å². The van der Waals surface area contributed by atoms with Crippen molar-refractivity contribution in [2.45, 2.75) is 83.7 Å². The van der Waals surface area contributed by atoms with Gasteiger partial charge in [0.05, 0.1) is 23.1 Å². The quantitative estimate of drug-likeness (QED) is 0.214. The molecule has 0 saturated heterocycles. The Morgan fingerprint density at radius 2 is 1.63 bits per heavy atom. The first-order valence-electron chi connectivity index (χ1n) is 15.3. The minimum atomic E-state index is -1.07. The molecule has 4 N–H and O–H groups in total. The lowest BCUT2D eigenvalue weighted by Crippen LogP contribution is -2.48. The first-order chi connectivity index (χ1) is 20.5. The minimum absolute atomic E-state index is 0.0273. The summed E-state index contributed by atoms with van der Waals surface area (Å²) in [5, 5.41) is 18.1. The van der Waals surface area contributed by atoms with Crippen LogP contribution in [0.1, 0.15) is 77.7 Å². The first kappa shape index (κ1) is 30.3. The van der Waals surface area contributed by atoms with E-state index >= 15 is 0 Å². The maximum atomic E-state index is 13.1. The number of carbonyl (C=O) groups is 3. The van der Waals surface area contributed by atoms with Crippen molar-refractivity contribution >= 4 is 23.6 Å². The van der Waals surface area contributed by atoms with Gasteiger partial charge in [-0.2, -0.15) is 0 Å². The fourth-order valence-electron chi connectivity index (χ4n) is 6.26. The van der Waals surface area contributed by atoms with Crippen LogP contribution >= 0.6 is 0 Å². The smallest absolute Gasteiger partial charge is 0.405 e. The van der Waals surface area contributed by atoms with Crippen LogP contribution in [0.15, 0.2) is 66.9 Å². The van der Waals surface area contributed by atoms with Gasteiger partial charge >= 0.3 is 6.09 Å². The lowest BCUT2D eigenvalue weighted by Gasteiger charge is -2.39. The highest BCUT2D eigenvalue weighted by molar-refractivity contribution is 5.93. The molecule has 0 spiro atoms. The van der Waals surface area contributed by atoms with Gasteiger partial charge in [0.25, 0.3) is 0 Å². The van der Waals surface area contributed by atoms with E-state index in [4.69, 9.17) is 4.98 Å². The van der Waals surface area contributed by atoms with Crippen LogP contribution in [-0.4, -0.2) is 34.0 Å². The summed E-state index contributed by atoms with van der Waals surface area (Å²) in [6, 6.07) is 19.8. The summed E-state index contributed by atoms with van der Waals surface area (Å²) in [5.41, 5.74) is 4.10. The van der Waals surface area contributed by atoms with E-state index < -0.39 is 11.6 Å². The molecule has 8 nitrogen and oxygen atoms in total. The van der Waals surface area contributed by atoms with Crippen LogP contribution in [0.2, 0.25) is 0 Å². The van der Waals surface area contributed by atoms with E-state index in [0.717, 1.165) is 72.9 Å². The van der Waals surface area contributed by atoms with Crippen molar-refractivity contribution in [3.8, 4) is 22.4 Å². The summed E-state index contributed by atoms with van der Waals surface area (Å²) in [5.74, 6) is 0.465. The molecule has 1 aromatic heterocycles. The SMILES string of the molecule is CC1(C(=O)NC2CCC(CC(=O)Nc3cnc(-c4ccc(C(C)(C)NC(=O)O)cc4)c(-c4ccccc4)c3)CC2)CCC1. The minimum Gasteiger partial charge on any atom is -0.465 e. The van der Waals surface area contributed by atoms with Crippen molar-refractivity contribution in [2.24, 2.45) is 11.3 Å². The predicted octanol–water partition coefficient (Wildman–Crippen LogP) is 7.11. The van der Waals surface area contributed by atoms with Crippen molar-refractivity contribution in [1.82, 2.24) is 15.6 Å². The molecule has 5 rings (SSSR count). The Bertz CT molecular complexity index is 1460. The molecule has 226 valence electrons. The Morgan fingerprint density at radius 3 is 2.23 bits per heavy atom. The molecule has 2 aliphatic rings. The summed E-state index contributed by atoms with van der Waals surface area (Å²) in [6.45, 7) is 5.70. The fraction of sp³-hybridized carbons (Fsp3) is 0.429. The van der Waals surface area contributed by atoms with E-state index in [1.165, 1.54) is 0 Å². The van der Waals surface area contributed by atoms with Gasteiger partial charge in [-0.25, -0.2) is 4.79 Å². The number of benzene rings is 2. The monoisotopic (exact) mass is 582 g/mol. The number of hydrogen-bond donors (Lipinski definition) is 4. The normalized spacial score (nSPS) is 19.5. The third-order valence-electron chi connectivity index (χ3n) is 9.22. The van der Waals surface area contributed by atoms with E-state index in [2.05, 4.69) is 22.9 Å². The van der Waals surface area contributed by atoms with E-state index in [9.17, 15) is 19.5 Å². The summed E-state index contributed by atoms with van der Waals surface area (Å²) in [6.07, 6.45) is 7.84. The van der Waals surface area contributed by atoms with E-state index in [-0.39, 0.29) is 23.3 Å². The summed E-state index contributed by atoms with van der Waals surface area (Å²) in [4.78, 5) is 41.7. The van der Waals surface area contributed by atoms with Crippen LogP contribution in [0.25, 0.3) is 22.4 Å². The highest BCUT2D eigenvalue weighted by Gasteiger charge is 2.40. The predicted molar refractivity (Wildman–Crippen MR) is 168 cm³/mol. The number of rotatable bonds is 9. The molecular formula is C35H42N4O4. The highest BCUT2D eigenvalue weighted by Crippen LogP contribution is 2.41. The van der Waals surface area contributed by atoms with Gasteiger partial charge in [-0.1, -0.05) is 67.9 Å². The van der Waals surface area contributed by atoms with Gasteiger partial charge in [0.2, 0.25) is 11.8 Å². The fourth-order valence-corrected chi connectivity index (χ4v) is 6.26. The molecule has 0 bridgehead atoms.